The number of rotatable bonds is 13. The maximum atomic E-state index is 11.6. The Labute approximate surface area is 177 Å². The molecule has 0 spiro atoms. The molecular formula is C17H39IN4O3S. The number of aliphatic imine (C=N–C) groups is 1. The van der Waals surface area contributed by atoms with Crippen LogP contribution in [0.3, 0.4) is 0 Å². The van der Waals surface area contributed by atoms with E-state index in [4.69, 9.17) is 4.74 Å². The number of halogens is 1. The van der Waals surface area contributed by atoms with Crippen molar-refractivity contribution in [2.24, 2.45) is 10.9 Å². The average Bonchev–Trinajstić information content (AvgIpc) is 2.52. The highest BCUT2D eigenvalue weighted by Crippen LogP contribution is 2.09. The van der Waals surface area contributed by atoms with Crippen LogP contribution in [0.5, 0.6) is 0 Å². The summed E-state index contributed by atoms with van der Waals surface area (Å²) >= 11 is 0. The lowest BCUT2D eigenvalue weighted by molar-refractivity contribution is 0.0258. The molecule has 7 nitrogen and oxygen atoms in total. The molecule has 0 bridgehead atoms. The maximum Gasteiger partial charge on any atom is 0.211 e. The molecule has 2 N–H and O–H groups in total. The van der Waals surface area contributed by atoms with Crippen molar-refractivity contribution >= 4 is 40.0 Å². The van der Waals surface area contributed by atoms with Gasteiger partial charge in [-0.3, -0.25) is 4.99 Å². The summed E-state index contributed by atoms with van der Waals surface area (Å²) in [4.78, 5) is 4.52. The van der Waals surface area contributed by atoms with E-state index in [1.165, 1.54) is 10.6 Å². The number of nitrogens with one attached hydrogen (secondary N) is 2. The molecule has 0 aliphatic heterocycles. The van der Waals surface area contributed by atoms with Crippen molar-refractivity contribution in [1.29, 1.82) is 0 Å². The second-order valence-corrected chi connectivity index (χ2v) is 8.30. The summed E-state index contributed by atoms with van der Waals surface area (Å²) in [6, 6.07) is 0. The molecule has 0 aromatic rings. The van der Waals surface area contributed by atoms with E-state index in [-0.39, 0.29) is 30.1 Å². The molecule has 0 radical (unpaired) electrons. The van der Waals surface area contributed by atoms with Crippen LogP contribution in [0.1, 0.15) is 47.5 Å². The number of hydrogen-bond acceptors (Lipinski definition) is 4. The van der Waals surface area contributed by atoms with Crippen molar-refractivity contribution in [3.63, 3.8) is 0 Å². The fourth-order valence-electron chi connectivity index (χ4n) is 2.49. The van der Waals surface area contributed by atoms with Crippen molar-refractivity contribution in [2.75, 3.05) is 45.6 Å². The second kappa shape index (κ2) is 15.9. The van der Waals surface area contributed by atoms with E-state index in [0.29, 0.717) is 32.0 Å². The summed E-state index contributed by atoms with van der Waals surface area (Å²) in [5.41, 5.74) is 0. The van der Waals surface area contributed by atoms with Crippen molar-refractivity contribution in [2.45, 2.75) is 53.6 Å². The zero-order valence-corrected chi connectivity index (χ0v) is 20.4. The van der Waals surface area contributed by atoms with Crippen LogP contribution in [0.25, 0.3) is 0 Å². The van der Waals surface area contributed by atoms with E-state index in [1.807, 2.05) is 20.8 Å². The van der Waals surface area contributed by atoms with E-state index in [2.05, 4.69) is 29.5 Å². The molecule has 1 atom stereocenters. The number of nitrogens with zero attached hydrogens (tertiary/aromatic N) is 2. The van der Waals surface area contributed by atoms with Gasteiger partial charge in [0.05, 0.1) is 12.4 Å². The van der Waals surface area contributed by atoms with Gasteiger partial charge in [0.15, 0.2) is 5.96 Å². The number of ether oxygens (including phenoxy) is 1. The van der Waals surface area contributed by atoms with Gasteiger partial charge in [0.25, 0.3) is 0 Å². The third kappa shape index (κ3) is 13.1. The molecule has 0 aliphatic rings. The molecule has 0 fully saturated rings. The van der Waals surface area contributed by atoms with E-state index in [1.54, 1.807) is 0 Å². The lowest BCUT2D eigenvalue weighted by atomic mass is 10.0. The SMILES string of the molecule is CCNC(=NCCCN(CC)S(C)(=O)=O)NCCC(OCC)C(C)C.I. The van der Waals surface area contributed by atoms with Crippen LogP contribution in [-0.4, -0.2) is 70.4 Å². The average molecular weight is 506 g/mol. The topological polar surface area (TPSA) is 83.0 Å². The summed E-state index contributed by atoms with van der Waals surface area (Å²) in [6.07, 6.45) is 3.11. The van der Waals surface area contributed by atoms with Crippen LogP contribution < -0.4 is 10.6 Å². The molecule has 1 unspecified atom stereocenters. The monoisotopic (exact) mass is 506 g/mol. The minimum atomic E-state index is -3.12. The van der Waals surface area contributed by atoms with Crippen LogP contribution in [0.2, 0.25) is 0 Å². The minimum Gasteiger partial charge on any atom is -0.378 e. The molecule has 26 heavy (non-hydrogen) atoms. The van der Waals surface area contributed by atoms with Gasteiger partial charge in [0.2, 0.25) is 10.0 Å². The van der Waals surface area contributed by atoms with E-state index >= 15 is 0 Å². The second-order valence-electron chi connectivity index (χ2n) is 6.32. The Morgan fingerprint density at radius 1 is 1.19 bits per heavy atom. The Bertz CT molecular complexity index is 473. The van der Waals surface area contributed by atoms with Gasteiger partial charge in [-0.15, -0.1) is 24.0 Å². The van der Waals surface area contributed by atoms with Gasteiger partial charge in [-0.1, -0.05) is 20.8 Å². The summed E-state index contributed by atoms with van der Waals surface area (Å²) in [5.74, 6) is 1.25. The minimum absolute atomic E-state index is 0. The molecule has 0 saturated carbocycles. The largest absolute Gasteiger partial charge is 0.378 e. The van der Waals surface area contributed by atoms with Gasteiger partial charge < -0.3 is 15.4 Å². The van der Waals surface area contributed by atoms with Crippen molar-refractivity contribution < 1.29 is 13.2 Å². The normalized spacial score (nSPS) is 13.6. The van der Waals surface area contributed by atoms with Crippen molar-refractivity contribution in [1.82, 2.24) is 14.9 Å². The highest BCUT2D eigenvalue weighted by atomic mass is 127. The third-order valence-electron chi connectivity index (χ3n) is 3.85. The predicted octanol–water partition coefficient (Wildman–Crippen LogP) is 2.28. The van der Waals surface area contributed by atoms with Gasteiger partial charge in [-0.2, -0.15) is 0 Å². The molecule has 0 amide bonds. The van der Waals surface area contributed by atoms with Crippen LogP contribution >= 0.6 is 24.0 Å². The molecule has 0 aromatic heterocycles. The smallest absolute Gasteiger partial charge is 0.211 e. The van der Waals surface area contributed by atoms with Gasteiger partial charge in [-0.25, -0.2) is 12.7 Å². The number of sulfonamides is 1. The number of guanidine groups is 1. The zero-order valence-electron chi connectivity index (χ0n) is 17.2. The molecule has 0 saturated heterocycles. The van der Waals surface area contributed by atoms with Crippen molar-refractivity contribution in [3.05, 3.63) is 0 Å². The highest BCUT2D eigenvalue weighted by molar-refractivity contribution is 14.0. The van der Waals surface area contributed by atoms with Gasteiger partial charge in [0.1, 0.15) is 0 Å². The summed E-state index contributed by atoms with van der Waals surface area (Å²) in [5, 5.41) is 6.54. The molecule has 158 valence electrons. The lowest BCUT2D eigenvalue weighted by Crippen LogP contribution is -2.39. The Morgan fingerprint density at radius 2 is 1.85 bits per heavy atom. The fraction of sp³-hybridized carbons (Fsp3) is 0.941. The zero-order chi connectivity index (χ0) is 19.3. The summed E-state index contributed by atoms with van der Waals surface area (Å²) in [6.45, 7) is 14.1. The molecule has 0 heterocycles. The first-order valence-corrected chi connectivity index (χ1v) is 11.2. The lowest BCUT2D eigenvalue weighted by Gasteiger charge is -2.21. The quantitative estimate of drug-likeness (QED) is 0.173. The standard InChI is InChI=1S/C17H38N4O3S.HI/c1-7-18-17(20-13-11-16(15(4)5)24-9-3)19-12-10-14-21(8-2)25(6,22)23;/h15-16H,7-14H2,1-6H3,(H2,18,19,20);1H. The Balaban J connectivity index is 0. The number of hydrogen-bond donors (Lipinski definition) is 2. The van der Waals surface area contributed by atoms with E-state index < -0.39 is 10.0 Å². The molecular weight excluding hydrogens is 467 g/mol. The van der Waals surface area contributed by atoms with Crippen LogP contribution in [0.15, 0.2) is 4.99 Å². The predicted molar refractivity (Wildman–Crippen MR) is 121 cm³/mol. The van der Waals surface area contributed by atoms with Gasteiger partial charge >= 0.3 is 0 Å². The summed E-state index contributed by atoms with van der Waals surface area (Å²) in [7, 11) is -3.12. The van der Waals surface area contributed by atoms with Crippen LogP contribution in [-0.2, 0) is 14.8 Å². The maximum absolute atomic E-state index is 11.6. The highest BCUT2D eigenvalue weighted by Gasteiger charge is 2.14. The third-order valence-corrected chi connectivity index (χ3v) is 5.23. The Morgan fingerprint density at radius 3 is 2.31 bits per heavy atom. The van der Waals surface area contributed by atoms with E-state index in [9.17, 15) is 8.42 Å². The van der Waals surface area contributed by atoms with E-state index in [0.717, 1.165) is 32.1 Å². The first-order valence-electron chi connectivity index (χ1n) is 9.35. The summed E-state index contributed by atoms with van der Waals surface area (Å²) < 4.78 is 30.3. The van der Waals surface area contributed by atoms with Gasteiger partial charge in [0, 0.05) is 39.3 Å². The molecule has 0 aromatic carbocycles. The van der Waals surface area contributed by atoms with Crippen molar-refractivity contribution in [3.8, 4) is 0 Å². The first kappa shape index (κ1) is 28.1. The first-order chi connectivity index (χ1) is 11.8. The van der Waals surface area contributed by atoms with Crippen LogP contribution in [0.4, 0.5) is 0 Å². The molecule has 9 heteroatoms. The van der Waals surface area contributed by atoms with Crippen LogP contribution in [0, 0.1) is 5.92 Å². The van der Waals surface area contributed by atoms with Gasteiger partial charge in [-0.05, 0) is 32.6 Å². The fourth-order valence-corrected chi connectivity index (χ4v) is 3.42. The Kier molecular flexibility index (Phi) is 17.2. The molecule has 0 aliphatic carbocycles. The Hall–Kier alpha value is -0.130. The molecule has 0 rings (SSSR count).